The first-order chi connectivity index (χ1) is 11.2. The molecule has 0 unspecified atom stereocenters. The lowest BCUT2D eigenvalue weighted by Gasteiger charge is -2.26. The number of allylic oxidation sites excluding steroid dienone is 3. The van der Waals surface area contributed by atoms with E-state index in [4.69, 9.17) is 0 Å². The summed E-state index contributed by atoms with van der Waals surface area (Å²) in [6.07, 6.45) is 6.95. The summed E-state index contributed by atoms with van der Waals surface area (Å²) in [5.41, 5.74) is 2.34. The van der Waals surface area contributed by atoms with E-state index in [0.29, 0.717) is 6.54 Å². The maximum atomic E-state index is 11.6. The Hall–Kier alpha value is -1.72. The van der Waals surface area contributed by atoms with E-state index >= 15 is 0 Å². The Bertz CT molecular complexity index is 584. The molecular formula is C18H24N2O2S. The highest BCUT2D eigenvalue weighted by Crippen LogP contribution is 2.10. The van der Waals surface area contributed by atoms with Crippen LogP contribution in [-0.4, -0.2) is 39.6 Å². The highest BCUT2D eigenvalue weighted by atomic mass is 32.2. The standard InChI is InChI=1S/C18H24N2O2S/c1-2-3-4-5-18(21)19-14-16-6-8-17(9-7-16)15-20-10-12-23(22)13-11-20/h2-9H,10-15H2,1H3,(H,19,21). The van der Waals surface area contributed by atoms with Gasteiger partial charge < -0.3 is 5.32 Å². The first-order valence-corrected chi connectivity index (χ1v) is 9.38. The molecule has 1 saturated heterocycles. The number of nitrogens with zero attached hydrogens (tertiary/aromatic N) is 1. The second kappa shape index (κ2) is 9.43. The molecule has 1 aliphatic heterocycles. The monoisotopic (exact) mass is 332 g/mol. The van der Waals surface area contributed by atoms with Gasteiger partial charge in [-0.1, -0.05) is 42.5 Å². The quantitative estimate of drug-likeness (QED) is 0.640. The first kappa shape index (κ1) is 17.6. The van der Waals surface area contributed by atoms with Gasteiger partial charge in [-0.05, 0) is 18.1 Å². The van der Waals surface area contributed by atoms with Gasteiger partial charge in [0, 0.05) is 54.6 Å². The van der Waals surface area contributed by atoms with E-state index in [2.05, 4.69) is 22.3 Å². The molecule has 1 aromatic rings. The fourth-order valence-electron chi connectivity index (χ4n) is 2.36. The fourth-order valence-corrected chi connectivity index (χ4v) is 3.48. The fraction of sp³-hybridized carbons (Fsp3) is 0.389. The number of carbonyl (C=O) groups excluding carboxylic acids is 1. The lowest BCUT2D eigenvalue weighted by Crippen LogP contribution is -2.37. The van der Waals surface area contributed by atoms with Gasteiger partial charge in [0.1, 0.15) is 0 Å². The topological polar surface area (TPSA) is 49.4 Å². The molecule has 0 saturated carbocycles. The summed E-state index contributed by atoms with van der Waals surface area (Å²) in [6, 6.07) is 8.30. The molecule has 2 rings (SSSR count). The summed E-state index contributed by atoms with van der Waals surface area (Å²) >= 11 is 0. The van der Waals surface area contributed by atoms with Gasteiger partial charge in [0.05, 0.1) is 0 Å². The van der Waals surface area contributed by atoms with E-state index in [1.54, 1.807) is 6.08 Å². The molecule has 1 N–H and O–H groups in total. The number of hydrogen-bond donors (Lipinski definition) is 1. The van der Waals surface area contributed by atoms with Crippen LogP contribution < -0.4 is 5.32 Å². The van der Waals surface area contributed by atoms with Gasteiger partial charge in [-0.25, -0.2) is 0 Å². The Balaban J connectivity index is 1.78. The van der Waals surface area contributed by atoms with Crippen LogP contribution in [0.4, 0.5) is 0 Å². The minimum Gasteiger partial charge on any atom is -0.348 e. The Labute approximate surface area is 140 Å². The number of benzene rings is 1. The van der Waals surface area contributed by atoms with Gasteiger partial charge >= 0.3 is 0 Å². The second-order valence-corrected chi connectivity index (χ2v) is 7.24. The van der Waals surface area contributed by atoms with Crippen molar-refractivity contribution in [1.29, 1.82) is 0 Å². The molecule has 0 radical (unpaired) electrons. The summed E-state index contributed by atoms with van der Waals surface area (Å²) in [6.45, 7) is 5.15. The predicted octanol–water partition coefficient (Wildman–Crippen LogP) is 2.00. The van der Waals surface area contributed by atoms with Crippen molar-refractivity contribution in [2.45, 2.75) is 20.0 Å². The molecule has 1 fully saturated rings. The summed E-state index contributed by atoms with van der Waals surface area (Å²) in [4.78, 5) is 13.9. The zero-order chi connectivity index (χ0) is 16.5. The highest BCUT2D eigenvalue weighted by molar-refractivity contribution is 7.85. The Morgan fingerprint density at radius 2 is 1.83 bits per heavy atom. The molecule has 4 nitrogen and oxygen atoms in total. The summed E-state index contributed by atoms with van der Waals surface area (Å²) in [5.74, 6) is 1.48. The molecule has 0 atom stereocenters. The van der Waals surface area contributed by atoms with E-state index in [1.807, 2.05) is 31.2 Å². The van der Waals surface area contributed by atoms with Crippen molar-refractivity contribution in [3.63, 3.8) is 0 Å². The van der Waals surface area contributed by atoms with E-state index in [9.17, 15) is 9.00 Å². The van der Waals surface area contributed by atoms with Gasteiger partial charge in [-0.3, -0.25) is 13.9 Å². The maximum absolute atomic E-state index is 11.6. The SMILES string of the molecule is CC=CC=CC(=O)NCc1ccc(CN2CCS(=O)CC2)cc1. The van der Waals surface area contributed by atoms with Crippen molar-refractivity contribution in [2.24, 2.45) is 0 Å². The zero-order valence-corrected chi connectivity index (χ0v) is 14.3. The number of hydrogen-bond acceptors (Lipinski definition) is 3. The molecule has 0 spiro atoms. The van der Waals surface area contributed by atoms with Crippen molar-refractivity contribution < 1.29 is 9.00 Å². The van der Waals surface area contributed by atoms with Crippen LogP contribution in [0.15, 0.2) is 48.6 Å². The second-order valence-electron chi connectivity index (χ2n) is 5.54. The predicted molar refractivity (Wildman–Crippen MR) is 95.4 cm³/mol. The Morgan fingerprint density at radius 3 is 2.48 bits per heavy atom. The molecule has 1 heterocycles. The number of carbonyl (C=O) groups is 1. The van der Waals surface area contributed by atoms with Crippen molar-refractivity contribution in [1.82, 2.24) is 10.2 Å². The average Bonchev–Trinajstić information content (AvgIpc) is 2.57. The minimum atomic E-state index is -0.625. The van der Waals surface area contributed by atoms with Crippen molar-refractivity contribution in [2.75, 3.05) is 24.6 Å². The van der Waals surface area contributed by atoms with E-state index in [-0.39, 0.29) is 5.91 Å². The summed E-state index contributed by atoms with van der Waals surface area (Å²) in [5, 5.41) is 2.86. The minimum absolute atomic E-state index is 0.0894. The Kier molecular flexibility index (Phi) is 7.23. The van der Waals surface area contributed by atoms with Crippen LogP contribution >= 0.6 is 0 Å². The molecule has 5 heteroatoms. The van der Waals surface area contributed by atoms with E-state index in [0.717, 1.165) is 36.7 Å². The van der Waals surface area contributed by atoms with E-state index < -0.39 is 10.8 Å². The van der Waals surface area contributed by atoms with Gasteiger partial charge in [0.15, 0.2) is 0 Å². The summed E-state index contributed by atoms with van der Waals surface area (Å²) in [7, 11) is -0.625. The normalized spacial score (nSPS) is 17.1. The maximum Gasteiger partial charge on any atom is 0.244 e. The van der Waals surface area contributed by atoms with Crippen LogP contribution in [0.5, 0.6) is 0 Å². The highest BCUT2D eigenvalue weighted by Gasteiger charge is 2.14. The lowest BCUT2D eigenvalue weighted by molar-refractivity contribution is -0.116. The lowest BCUT2D eigenvalue weighted by atomic mass is 10.1. The van der Waals surface area contributed by atoms with Crippen molar-refractivity contribution in [3.8, 4) is 0 Å². The van der Waals surface area contributed by atoms with Crippen LogP contribution in [0.1, 0.15) is 18.1 Å². The molecule has 1 aromatic carbocycles. The van der Waals surface area contributed by atoms with Crippen LogP contribution in [0.3, 0.4) is 0 Å². The van der Waals surface area contributed by atoms with Crippen LogP contribution in [0, 0.1) is 0 Å². The van der Waals surface area contributed by atoms with Crippen LogP contribution in [0.2, 0.25) is 0 Å². The number of nitrogens with one attached hydrogen (secondary N) is 1. The molecule has 0 bridgehead atoms. The van der Waals surface area contributed by atoms with E-state index in [1.165, 1.54) is 11.6 Å². The molecule has 0 aliphatic carbocycles. The zero-order valence-electron chi connectivity index (χ0n) is 13.5. The molecular weight excluding hydrogens is 308 g/mol. The van der Waals surface area contributed by atoms with Gasteiger partial charge in [0.2, 0.25) is 5.91 Å². The smallest absolute Gasteiger partial charge is 0.244 e. The van der Waals surface area contributed by atoms with Gasteiger partial charge in [0.25, 0.3) is 0 Å². The first-order valence-electron chi connectivity index (χ1n) is 7.89. The third-order valence-corrected chi connectivity index (χ3v) is 4.99. The van der Waals surface area contributed by atoms with Crippen LogP contribution in [-0.2, 0) is 28.7 Å². The average molecular weight is 332 g/mol. The number of amides is 1. The summed E-state index contributed by atoms with van der Waals surface area (Å²) < 4.78 is 11.4. The molecule has 124 valence electrons. The molecule has 23 heavy (non-hydrogen) atoms. The van der Waals surface area contributed by atoms with Crippen molar-refractivity contribution in [3.05, 3.63) is 59.7 Å². The van der Waals surface area contributed by atoms with Crippen LogP contribution in [0.25, 0.3) is 0 Å². The van der Waals surface area contributed by atoms with Crippen molar-refractivity contribution >= 4 is 16.7 Å². The molecule has 0 aromatic heterocycles. The van der Waals surface area contributed by atoms with Gasteiger partial charge in [-0.15, -0.1) is 0 Å². The Morgan fingerprint density at radius 1 is 1.17 bits per heavy atom. The number of rotatable bonds is 6. The third-order valence-electron chi connectivity index (χ3n) is 3.72. The largest absolute Gasteiger partial charge is 0.348 e. The van der Waals surface area contributed by atoms with Gasteiger partial charge in [-0.2, -0.15) is 0 Å². The molecule has 1 aliphatic rings. The molecule has 1 amide bonds. The third kappa shape index (κ3) is 6.50.